The van der Waals surface area contributed by atoms with E-state index in [0.717, 1.165) is 51.9 Å². The van der Waals surface area contributed by atoms with Crippen molar-refractivity contribution in [2.24, 2.45) is 5.73 Å². The van der Waals surface area contributed by atoms with E-state index in [2.05, 4.69) is 29.6 Å². The number of nitrogens with two attached hydrogens (primary N) is 1. The lowest BCUT2D eigenvalue weighted by molar-refractivity contribution is -0.134. The second-order valence-electron chi connectivity index (χ2n) is 6.86. The van der Waals surface area contributed by atoms with Gasteiger partial charge in [0.2, 0.25) is 5.91 Å². The molecule has 1 aliphatic heterocycles. The summed E-state index contributed by atoms with van der Waals surface area (Å²) >= 11 is 0. The van der Waals surface area contributed by atoms with Crippen molar-refractivity contribution in [2.75, 3.05) is 26.2 Å². The van der Waals surface area contributed by atoms with E-state index in [9.17, 15) is 4.79 Å². The largest absolute Gasteiger partial charge is 0.339 e. The highest BCUT2D eigenvalue weighted by molar-refractivity contribution is 5.91. The molecule has 1 aromatic carbocycles. The molecule has 21 heavy (non-hydrogen) atoms. The molecule has 3 fully saturated rings. The first kappa shape index (κ1) is 13.3. The van der Waals surface area contributed by atoms with E-state index < -0.39 is 0 Å². The normalized spacial score (nSPS) is 25.5. The van der Waals surface area contributed by atoms with Crippen LogP contribution in [0.4, 0.5) is 0 Å². The lowest BCUT2D eigenvalue weighted by Crippen LogP contribution is -2.49. The van der Waals surface area contributed by atoms with Gasteiger partial charge in [0.05, 0.1) is 5.41 Å². The Morgan fingerprint density at radius 3 is 2.10 bits per heavy atom. The molecule has 4 nitrogen and oxygen atoms in total. The highest BCUT2D eigenvalue weighted by Gasteiger charge is 2.53. The summed E-state index contributed by atoms with van der Waals surface area (Å²) in [7, 11) is 0. The quantitative estimate of drug-likeness (QED) is 0.874. The van der Waals surface area contributed by atoms with Gasteiger partial charge in [0.1, 0.15) is 0 Å². The van der Waals surface area contributed by atoms with Crippen LogP contribution in [0.3, 0.4) is 0 Å². The fraction of sp³-hybridized carbons (Fsp3) is 0.588. The van der Waals surface area contributed by atoms with Crippen LogP contribution in [-0.4, -0.2) is 37.0 Å². The van der Waals surface area contributed by atoms with Crippen LogP contribution in [0.1, 0.15) is 36.8 Å². The van der Waals surface area contributed by atoms with E-state index in [1.807, 2.05) is 4.90 Å². The van der Waals surface area contributed by atoms with Crippen molar-refractivity contribution in [3.63, 3.8) is 0 Å². The minimum atomic E-state index is -0.235. The lowest BCUT2D eigenvalue weighted by Gasteiger charge is -2.31. The van der Waals surface area contributed by atoms with Crippen molar-refractivity contribution in [2.45, 2.75) is 36.6 Å². The molecule has 0 bridgehead atoms. The third-order valence-electron chi connectivity index (χ3n) is 5.36. The van der Waals surface area contributed by atoms with Gasteiger partial charge in [-0.25, -0.2) is 0 Å². The number of amides is 1. The number of hydrogen-bond donors (Lipinski definition) is 2. The minimum Gasteiger partial charge on any atom is -0.339 e. The van der Waals surface area contributed by atoms with E-state index in [1.165, 1.54) is 11.1 Å². The van der Waals surface area contributed by atoms with E-state index in [0.29, 0.717) is 5.91 Å². The Morgan fingerprint density at radius 1 is 1.00 bits per heavy atom. The van der Waals surface area contributed by atoms with Gasteiger partial charge in [0.25, 0.3) is 0 Å². The third-order valence-corrected chi connectivity index (χ3v) is 5.36. The number of carbonyl (C=O) groups excluding carboxylic acids is 1. The molecule has 1 saturated heterocycles. The molecule has 4 rings (SSSR count). The number of benzene rings is 1. The molecular formula is C17H23N3O. The summed E-state index contributed by atoms with van der Waals surface area (Å²) in [6.45, 7) is 3.50. The van der Waals surface area contributed by atoms with Crippen molar-refractivity contribution >= 4 is 5.91 Å². The van der Waals surface area contributed by atoms with Crippen molar-refractivity contribution < 1.29 is 4.79 Å². The van der Waals surface area contributed by atoms with Crippen LogP contribution in [0, 0.1) is 0 Å². The molecule has 112 valence electrons. The van der Waals surface area contributed by atoms with E-state index in [4.69, 9.17) is 5.73 Å². The second kappa shape index (κ2) is 4.55. The van der Waals surface area contributed by atoms with E-state index in [-0.39, 0.29) is 11.0 Å². The van der Waals surface area contributed by atoms with Crippen LogP contribution in [0.15, 0.2) is 24.3 Å². The number of piperazine rings is 1. The molecule has 1 heterocycles. The van der Waals surface area contributed by atoms with Gasteiger partial charge >= 0.3 is 0 Å². The molecule has 2 aliphatic carbocycles. The van der Waals surface area contributed by atoms with Crippen molar-refractivity contribution in [1.29, 1.82) is 0 Å². The number of hydrogen-bond acceptors (Lipinski definition) is 3. The highest BCUT2D eigenvalue weighted by atomic mass is 16.2. The monoisotopic (exact) mass is 285 g/mol. The molecule has 1 aromatic rings. The molecule has 3 N–H and O–H groups in total. The molecule has 0 aromatic heterocycles. The highest BCUT2D eigenvalue weighted by Crippen LogP contribution is 2.50. The van der Waals surface area contributed by atoms with Crippen LogP contribution in [0.2, 0.25) is 0 Å². The molecule has 2 saturated carbocycles. The van der Waals surface area contributed by atoms with Crippen LogP contribution in [0.5, 0.6) is 0 Å². The zero-order chi connectivity index (χ0) is 14.5. The average molecular weight is 285 g/mol. The van der Waals surface area contributed by atoms with Gasteiger partial charge in [-0.3, -0.25) is 4.79 Å². The van der Waals surface area contributed by atoms with Gasteiger partial charge in [0.15, 0.2) is 0 Å². The first-order valence-electron chi connectivity index (χ1n) is 8.04. The summed E-state index contributed by atoms with van der Waals surface area (Å²) in [5.74, 6) is 0.325. The van der Waals surface area contributed by atoms with Crippen molar-refractivity contribution in [3.8, 4) is 0 Å². The number of nitrogens with one attached hydrogen (secondary N) is 1. The van der Waals surface area contributed by atoms with Crippen molar-refractivity contribution in [1.82, 2.24) is 10.2 Å². The van der Waals surface area contributed by atoms with Gasteiger partial charge < -0.3 is 16.0 Å². The third kappa shape index (κ3) is 2.17. The zero-order valence-corrected chi connectivity index (χ0v) is 12.4. The summed E-state index contributed by atoms with van der Waals surface area (Å²) in [4.78, 5) is 14.9. The van der Waals surface area contributed by atoms with Gasteiger partial charge in [-0.2, -0.15) is 0 Å². The van der Waals surface area contributed by atoms with Crippen LogP contribution >= 0.6 is 0 Å². The SMILES string of the molecule is NC1(c2ccc(C3(C(=O)N4CCNCC4)CC3)cc2)CC1. The summed E-state index contributed by atoms with van der Waals surface area (Å²) in [6.07, 6.45) is 4.14. The van der Waals surface area contributed by atoms with Gasteiger partial charge in [0, 0.05) is 31.7 Å². The maximum Gasteiger partial charge on any atom is 0.233 e. The van der Waals surface area contributed by atoms with Crippen LogP contribution < -0.4 is 11.1 Å². The number of rotatable bonds is 3. The van der Waals surface area contributed by atoms with Gasteiger partial charge in [-0.1, -0.05) is 24.3 Å². The topological polar surface area (TPSA) is 58.4 Å². The first-order valence-corrected chi connectivity index (χ1v) is 8.04. The smallest absolute Gasteiger partial charge is 0.233 e. The Kier molecular flexibility index (Phi) is 2.88. The van der Waals surface area contributed by atoms with Gasteiger partial charge in [-0.05, 0) is 36.8 Å². The van der Waals surface area contributed by atoms with E-state index in [1.54, 1.807) is 0 Å². The lowest BCUT2D eigenvalue weighted by atomic mass is 9.92. The molecule has 0 atom stereocenters. The molecule has 0 spiro atoms. The standard InChI is InChI=1S/C17H23N3O/c18-17(7-8-17)14-3-1-13(2-4-14)16(5-6-16)15(21)20-11-9-19-10-12-20/h1-4,19H,5-12,18H2. The molecular weight excluding hydrogens is 262 g/mol. The zero-order valence-electron chi connectivity index (χ0n) is 12.4. The Hall–Kier alpha value is -1.39. The molecule has 3 aliphatic rings. The molecule has 4 heteroatoms. The predicted octanol–water partition coefficient (Wildman–Crippen LogP) is 1.10. The summed E-state index contributed by atoms with van der Waals surface area (Å²) in [6, 6.07) is 8.53. The van der Waals surface area contributed by atoms with Crippen molar-refractivity contribution in [3.05, 3.63) is 35.4 Å². The Morgan fingerprint density at radius 2 is 1.57 bits per heavy atom. The fourth-order valence-corrected chi connectivity index (χ4v) is 3.47. The summed E-state index contributed by atoms with van der Waals surface area (Å²) in [5.41, 5.74) is 8.32. The first-order chi connectivity index (χ1) is 10.1. The Labute approximate surface area is 125 Å². The minimum absolute atomic E-state index is 0.0855. The molecule has 0 radical (unpaired) electrons. The maximum atomic E-state index is 12.9. The Bertz CT molecular complexity index is 552. The van der Waals surface area contributed by atoms with Gasteiger partial charge in [-0.15, -0.1) is 0 Å². The van der Waals surface area contributed by atoms with Crippen LogP contribution in [-0.2, 0) is 15.7 Å². The molecule has 1 amide bonds. The van der Waals surface area contributed by atoms with Crippen LogP contribution in [0.25, 0.3) is 0 Å². The predicted molar refractivity (Wildman–Crippen MR) is 81.9 cm³/mol. The maximum absolute atomic E-state index is 12.9. The fourth-order valence-electron chi connectivity index (χ4n) is 3.47. The number of carbonyl (C=O) groups is 1. The molecule has 0 unspecified atom stereocenters. The summed E-state index contributed by atoms with van der Waals surface area (Å²) in [5, 5.41) is 3.30. The average Bonchev–Trinajstić information content (AvgIpc) is 3.44. The van der Waals surface area contributed by atoms with E-state index >= 15 is 0 Å². The second-order valence-corrected chi connectivity index (χ2v) is 6.86. The Balaban J connectivity index is 1.55. The summed E-state index contributed by atoms with van der Waals surface area (Å²) < 4.78 is 0. The number of nitrogens with zero attached hydrogens (tertiary/aromatic N) is 1.